The zero-order chi connectivity index (χ0) is 17.8. The van der Waals surface area contributed by atoms with E-state index in [1.54, 1.807) is 12.1 Å². The molecule has 3 aromatic rings. The predicted octanol–water partition coefficient (Wildman–Crippen LogP) is 4.91. The molecule has 0 radical (unpaired) electrons. The number of carbonyl (C=O) groups is 1. The van der Waals surface area contributed by atoms with E-state index in [1.807, 2.05) is 37.3 Å². The van der Waals surface area contributed by atoms with E-state index in [0.29, 0.717) is 10.0 Å². The SMILES string of the molecule is C[C@H](NC(=O)CSc1ncnc2ccccc12)c1ccc(Cl)c(Cl)c1. The van der Waals surface area contributed by atoms with Crippen LogP contribution in [0.1, 0.15) is 18.5 Å². The standard InChI is InChI=1S/C18H15Cl2N3OS/c1-11(12-6-7-14(19)15(20)8-12)23-17(24)9-25-18-13-4-2-3-5-16(13)21-10-22-18/h2-8,10-11H,9H2,1H3,(H,23,24)/t11-/m0/s1. The molecule has 1 aromatic heterocycles. The summed E-state index contributed by atoms with van der Waals surface area (Å²) in [5, 5.41) is 5.67. The number of rotatable bonds is 5. The van der Waals surface area contributed by atoms with Crippen LogP contribution in [0.5, 0.6) is 0 Å². The maximum atomic E-state index is 12.3. The molecule has 128 valence electrons. The third-order valence-corrected chi connectivity index (χ3v) is 5.41. The molecule has 1 heterocycles. The topological polar surface area (TPSA) is 54.9 Å². The van der Waals surface area contributed by atoms with Gasteiger partial charge in [-0.3, -0.25) is 4.79 Å². The molecule has 3 rings (SSSR count). The van der Waals surface area contributed by atoms with Gasteiger partial charge in [0.2, 0.25) is 5.91 Å². The number of nitrogens with one attached hydrogen (secondary N) is 1. The molecular weight excluding hydrogens is 377 g/mol. The molecule has 0 bridgehead atoms. The lowest BCUT2D eigenvalue weighted by Gasteiger charge is -2.15. The van der Waals surface area contributed by atoms with Crippen molar-refractivity contribution in [1.82, 2.24) is 15.3 Å². The highest BCUT2D eigenvalue weighted by Gasteiger charge is 2.12. The minimum Gasteiger partial charge on any atom is -0.349 e. The Morgan fingerprint density at radius 3 is 2.76 bits per heavy atom. The van der Waals surface area contributed by atoms with Crippen molar-refractivity contribution in [2.24, 2.45) is 0 Å². The van der Waals surface area contributed by atoms with Gasteiger partial charge in [-0.15, -0.1) is 0 Å². The first-order valence-electron chi connectivity index (χ1n) is 7.61. The third-order valence-electron chi connectivity index (χ3n) is 3.67. The summed E-state index contributed by atoms with van der Waals surface area (Å²) in [6.07, 6.45) is 1.51. The summed E-state index contributed by atoms with van der Waals surface area (Å²) >= 11 is 13.3. The highest BCUT2D eigenvalue weighted by atomic mass is 35.5. The normalized spacial score (nSPS) is 12.1. The van der Waals surface area contributed by atoms with Gasteiger partial charge in [0.15, 0.2) is 0 Å². The van der Waals surface area contributed by atoms with Crippen molar-refractivity contribution in [2.75, 3.05) is 5.75 Å². The Labute approximate surface area is 160 Å². The molecule has 0 spiro atoms. The minimum absolute atomic E-state index is 0.0775. The zero-order valence-electron chi connectivity index (χ0n) is 13.4. The first-order valence-corrected chi connectivity index (χ1v) is 9.35. The van der Waals surface area contributed by atoms with E-state index in [1.165, 1.54) is 18.1 Å². The molecule has 0 aliphatic rings. The molecule has 0 saturated carbocycles. The first kappa shape index (κ1) is 18.0. The smallest absolute Gasteiger partial charge is 0.230 e. The van der Waals surface area contributed by atoms with E-state index in [0.717, 1.165) is 21.5 Å². The number of para-hydroxylation sites is 1. The lowest BCUT2D eigenvalue weighted by molar-refractivity contribution is -0.119. The molecular formula is C18H15Cl2N3OS. The average Bonchev–Trinajstić information content (AvgIpc) is 2.62. The summed E-state index contributed by atoms with van der Waals surface area (Å²) in [4.78, 5) is 20.8. The van der Waals surface area contributed by atoms with E-state index in [-0.39, 0.29) is 17.7 Å². The quantitative estimate of drug-likeness (QED) is 0.495. The van der Waals surface area contributed by atoms with Crippen LogP contribution in [0.15, 0.2) is 53.8 Å². The van der Waals surface area contributed by atoms with Gasteiger partial charge in [0.1, 0.15) is 11.4 Å². The van der Waals surface area contributed by atoms with Crippen molar-refractivity contribution in [3.63, 3.8) is 0 Å². The number of halogens is 2. The molecule has 1 amide bonds. The van der Waals surface area contributed by atoms with Crippen LogP contribution < -0.4 is 5.32 Å². The molecule has 25 heavy (non-hydrogen) atoms. The molecule has 0 unspecified atom stereocenters. The van der Waals surface area contributed by atoms with Crippen molar-refractivity contribution < 1.29 is 4.79 Å². The Morgan fingerprint density at radius 1 is 1.16 bits per heavy atom. The molecule has 0 aliphatic carbocycles. The summed E-state index contributed by atoms with van der Waals surface area (Å²) in [6.45, 7) is 1.90. The van der Waals surface area contributed by atoms with Crippen molar-refractivity contribution in [2.45, 2.75) is 18.0 Å². The van der Waals surface area contributed by atoms with Crippen LogP contribution in [0.2, 0.25) is 10.0 Å². The third kappa shape index (κ3) is 4.42. The number of fused-ring (bicyclic) bond motifs is 1. The Morgan fingerprint density at radius 2 is 1.96 bits per heavy atom. The second-order valence-corrected chi connectivity index (χ2v) is 7.23. The number of hydrogen-bond acceptors (Lipinski definition) is 4. The molecule has 2 aromatic carbocycles. The summed E-state index contributed by atoms with van der Waals surface area (Å²) in [5.74, 6) is 0.193. The van der Waals surface area contributed by atoms with E-state index in [4.69, 9.17) is 23.2 Å². The molecule has 1 atom stereocenters. The van der Waals surface area contributed by atoms with Crippen LogP contribution in [-0.4, -0.2) is 21.6 Å². The number of amides is 1. The summed E-state index contributed by atoms with van der Waals surface area (Å²) < 4.78 is 0. The van der Waals surface area contributed by atoms with Crippen LogP contribution in [0.4, 0.5) is 0 Å². The summed E-state index contributed by atoms with van der Waals surface area (Å²) in [6, 6.07) is 12.9. The molecule has 7 heteroatoms. The van der Waals surface area contributed by atoms with Gasteiger partial charge in [-0.1, -0.05) is 59.2 Å². The van der Waals surface area contributed by atoms with E-state index in [2.05, 4.69) is 15.3 Å². The van der Waals surface area contributed by atoms with Crippen molar-refractivity contribution in [1.29, 1.82) is 0 Å². The maximum Gasteiger partial charge on any atom is 0.230 e. The lowest BCUT2D eigenvalue weighted by Crippen LogP contribution is -2.28. The Kier molecular flexibility index (Phi) is 5.78. The van der Waals surface area contributed by atoms with Gasteiger partial charge in [-0.2, -0.15) is 0 Å². The lowest BCUT2D eigenvalue weighted by atomic mass is 10.1. The largest absolute Gasteiger partial charge is 0.349 e. The molecule has 0 aliphatic heterocycles. The van der Waals surface area contributed by atoms with E-state index in [9.17, 15) is 4.79 Å². The van der Waals surface area contributed by atoms with E-state index < -0.39 is 0 Å². The highest BCUT2D eigenvalue weighted by Crippen LogP contribution is 2.26. The van der Waals surface area contributed by atoms with Gasteiger partial charge >= 0.3 is 0 Å². The van der Waals surface area contributed by atoms with Crippen LogP contribution >= 0.6 is 35.0 Å². The second-order valence-electron chi connectivity index (χ2n) is 5.45. The first-order chi connectivity index (χ1) is 12.0. The van der Waals surface area contributed by atoms with Gasteiger partial charge in [0, 0.05) is 5.39 Å². The Balaban J connectivity index is 1.63. The minimum atomic E-state index is -0.162. The van der Waals surface area contributed by atoms with Crippen LogP contribution in [0.25, 0.3) is 10.9 Å². The number of hydrogen-bond donors (Lipinski definition) is 1. The fourth-order valence-corrected chi connectivity index (χ4v) is 3.48. The number of nitrogens with zero attached hydrogens (tertiary/aromatic N) is 2. The van der Waals surface area contributed by atoms with Crippen LogP contribution in [-0.2, 0) is 4.79 Å². The monoisotopic (exact) mass is 391 g/mol. The van der Waals surface area contributed by atoms with Crippen LogP contribution in [0, 0.1) is 0 Å². The number of aromatic nitrogens is 2. The molecule has 1 N–H and O–H groups in total. The van der Waals surface area contributed by atoms with Crippen molar-refractivity contribution >= 4 is 51.8 Å². The molecule has 0 fully saturated rings. The summed E-state index contributed by atoms with van der Waals surface area (Å²) in [5.41, 5.74) is 1.77. The number of carbonyl (C=O) groups excluding carboxylic acids is 1. The van der Waals surface area contributed by atoms with E-state index >= 15 is 0 Å². The number of thioether (sulfide) groups is 1. The molecule has 0 saturated heterocycles. The molecule has 4 nitrogen and oxygen atoms in total. The predicted molar refractivity (Wildman–Crippen MR) is 103 cm³/mol. The van der Waals surface area contributed by atoms with Gasteiger partial charge in [-0.05, 0) is 30.7 Å². The van der Waals surface area contributed by atoms with Crippen molar-refractivity contribution in [3.8, 4) is 0 Å². The zero-order valence-corrected chi connectivity index (χ0v) is 15.7. The average molecular weight is 392 g/mol. The van der Waals surface area contributed by atoms with Gasteiger partial charge in [0.05, 0.1) is 27.4 Å². The highest BCUT2D eigenvalue weighted by molar-refractivity contribution is 8.00. The second kappa shape index (κ2) is 8.04. The maximum absolute atomic E-state index is 12.3. The van der Waals surface area contributed by atoms with Crippen molar-refractivity contribution in [3.05, 3.63) is 64.4 Å². The fourth-order valence-electron chi connectivity index (χ4n) is 2.38. The Hall–Kier alpha value is -1.82. The fraction of sp³-hybridized carbons (Fsp3) is 0.167. The van der Waals surface area contributed by atoms with Crippen LogP contribution in [0.3, 0.4) is 0 Å². The van der Waals surface area contributed by atoms with Gasteiger partial charge < -0.3 is 5.32 Å². The van der Waals surface area contributed by atoms with Gasteiger partial charge in [0.25, 0.3) is 0 Å². The number of benzene rings is 2. The summed E-state index contributed by atoms with van der Waals surface area (Å²) in [7, 11) is 0. The van der Waals surface area contributed by atoms with Gasteiger partial charge in [-0.25, -0.2) is 9.97 Å². The Bertz CT molecular complexity index is 914.